The Morgan fingerprint density at radius 1 is 0.923 bits per heavy atom. The van der Waals surface area contributed by atoms with E-state index in [1.807, 2.05) is 12.1 Å². The van der Waals surface area contributed by atoms with E-state index in [-0.39, 0.29) is 18.5 Å². The minimum Gasteiger partial charge on any atom is -0.351 e. The summed E-state index contributed by atoms with van der Waals surface area (Å²) in [5, 5.41) is 3.74. The first-order chi connectivity index (χ1) is 18.7. The van der Waals surface area contributed by atoms with Gasteiger partial charge in [0.1, 0.15) is 0 Å². The number of nitrogens with one attached hydrogen (secondary N) is 1. The third-order valence-corrected chi connectivity index (χ3v) is 9.16. The Kier molecular flexibility index (Phi) is 8.27. The van der Waals surface area contributed by atoms with Crippen molar-refractivity contribution in [3.05, 3.63) is 105 Å². The normalized spacial score (nSPS) is 22.6. The molecule has 0 bridgehead atoms. The fourth-order valence-corrected chi connectivity index (χ4v) is 6.55. The molecule has 2 fully saturated rings. The molecule has 39 heavy (non-hydrogen) atoms. The predicted molar refractivity (Wildman–Crippen MR) is 149 cm³/mol. The van der Waals surface area contributed by atoms with Crippen molar-refractivity contribution in [2.75, 3.05) is 13.1 Å². The molecular formula is C31H31Cl2F3N2O. The summed E-state index contributed by atoms with van der Waals surface area (Å²) in [5.41, 5.74) is 1.01. The van der Waals surface area contributed by atoms with Gasteiger partial charge in [-0.05, 0) is 92.1 Å². The highest BCUT2D eigenvalue weighted by Crippen LogP contribution is 2.46. The molecule has 0 spiro atoms. The van der Waals surface area contributed by atoms with E-state index in [0.717, 1.165) is 50.0 Å². The van der Waals surface area contributed by atoms with Crippen LogP contribution >= 0.6 is 23.2 Å². The lowest BCUT2D eigenvalue weighted by molar-refractivity contribution is -0.137. The van der Waals surface area contributed by atoms with Gasteiger partial charge in [0, 0.05) is 12.6 Å². The number of piperidine rings is 1. The lowest BCUT2D eigenvalue weighted by Crippen LogP contribution is -2.45. The second-order valence-electron chi connectivity index (χ2n) is 10.7. The van der Waals surface area contributed by atoms with Crippen molar-refractivity contribution in [3.8, 4) is 0 Å². The number of halogens is 5. The number of nitrogens with zero attached hydrogens (tertiary/aromatic N) is 1. The summed E-state index contributed by atoms with van der Waals surface area (Å²) in [6, 6.07) is 21.2. The van der Waals surface area contributed by atoms with Crippen molar-refractivity contribution >= 4 is 29.1 Å². The summed E-state index contributed by atoms with van der Waals surface area (Å²) >= 11 is 12.6. The number of amides is 1. The first-order valence-electron chi connectivity index (χ1n) is 13.3. The molecule has 1 N–H and O–H groups in total. The molecule has 3 nitrogen and oxygen atoms in total. The first kappa shape index (κ1) is 28.0. The molecule has 3 aromatic carbocycles. The largest absolute Gasteiger partial charge is 0.416 e. The topological polar surface area (TPSA) is 32.3 Å². The van der Waals surface area contributed by atoms with Crippen molar-refractivity contribution in [2.24, 2.45) is 0 Å². The maximum atomic E-state index is 13.9. The molecule has 1 saturated heterocycles. The minimum atomic E-state index is -4.44. The molecule has 2 atom stereocenters. The quantitative estimate of drug-likeness (QED) is 0.323. The van der Waals surface area contributed by atoms with Crippen LogP contribution in [0.5, 0.6) is 0 Å². The van der Waals surface area contributed by atoms with Crippen LogP contribution in [0.2, 0.25) is 10.0 Å². The second-order valence-corrected chi connectivity index (χ2v) is 11.5. The molecule has 1 saturated carbocycles. The van der Waals surface area contributed by atoms with Gasteiger partial charge in [0.2, 0.25) is 5.91 Å². The zero-order valence-corrected chi connectivity index (χ0v) is 23.0. The highest BCUT2D eigenvalue weighted by atomic mass is 35.5. The molecule has 8 heteroatoms. The number of benzene rings is 3. The molecule has 5 rings (SSSR count). The summed E-state index contributed by atoms with van der Waals surface area (Å²) in [4.78, 5) is 16.4. The molecule has 2 aliphatic rings. The van der Waals surface area contributed by atoms with Crippen molar-refractivity contribution in [2.45, 2.75) is 62.2 Å². The number of carbonyl (C=O) groups excluding carboxylic acids is 1. The SMILES string of the molecule is O=C(NCc1cccc(C(F)(F)F)c1)C1(c2ccc(Cl)c(Cl)c2)CCC(N2CCC(c3ccccc3)CC2)C1. The molecule has 0 radical (unpaired) electrons. The molecule has 1 amide bonds. The zero-order chi connectivity index (χ0) is 27.6. The lowest BCUT2D eigenvalue weighted by atomic mass is 9.77. The molecule has 1 heterocycles. The van der Waals surface area contributed by atoms with Crippen molar-refractivity contribution < 1.29 is 18.0 Å². The van der Waals surface area contributed by atoms with Crippen LogP contribution in [0.25, 0.3) is 0 Å². The van der Waals surface area contributed by atoms with E-state index in [9.17, 15) is 18.0 Å². The number of likely N-dealkylation sites (tertiary alicyclic amines) is 1. The van der Waals surface area contributed by atoms with Gasteiger partial charge < -0.3 is 10.2 Å². The molecular weight excluding hydrogens is 544 g/mol. The highest BCUT2D eigenvalue weighted by Gasteiger charge is 2.48. The van der Waals surface area contributed by atoms with Gasteiger partial charge in [0.15, 0.2) is 0 Å². The maximum Gasteiger partial charge on any atom is 0.416 e. The summed E-state index contributed by atoms with van der Waals surface area (Å²) in [5.74, 6) is 0.347. The van der Waals surface area contributed by atoms with Crippen molar-refractivity contribution in [1.29, 1.82) is 0 Å². The minimum absolute atomic E-state index is 0.0129. The van der Waals surface area contributed by atoms with Gasteiger partial charge in [-0.2, -0.15) is 13.2 Å². The van der Waals surface area contributed by atoms with E-state index in [4.69, 9.17) is 23.2 Å². The lowest BCUT2D eigenvalue weighted by Gasteiger charge is -2.37. The van der Waals surface area contributed by atoms with Gasteiger partial charge in [-0.1, -0.05) is 71.7 Å². The Morgan fingerprint density at radius 2 is 1.67 bits per heavy atom. The van der Waals surface area contributed by atoms with Crippen LogP contribution in [0.1, 0.15) is 60.3 Å². The number of alkyl halides is 3. The number of rotatable bonds is 6. The third-order valence-electron chi connectivity index (χ3n) is 8.42. The van der Waals surface area contributed by atoms with Crippen LogP contribution in [0.15, 0.2) is 72.8 Å². The van der Waals surface area contributed by atoms with Gasteiger partial charge in [-0.15, -0.1) is 0 Å². The van der Waals surface area contributed by atoms with E-state index in [1.165, 1.54) is 11.6 Å². The number of hydrogen-bond donors (Lipinski definition) is 1. The molecule has 206 valence electrons. The summed E-state index contributed by atoms with van der Waals surface area (Å²) in [7, 11) is 0. The second kappa shape index (κ2) is 11.5. The van der Waals surface area contributed by atoms with Gasteiger partial charge in [0.25, 0.3) is 0 Å². The van der Waals surface area contributed by atoms with Crippen LogP contribution in [0.4, 0.5) is 13.2 Å². The Morgan fingerprint density at radius 3 is 2.36 bits per heavy atom. The van der Waals surface area contributed by atoms with Crippen LogP contribution in [-0.2, 0) is 22.9 Å². The van der Waals surface area contributed by atoms with Crippen molar-refractivity contribution in [3.63, 3.8) is 0 Å². The Balaban J connectivity index is 1.32. The van der Waals surface area contributed by atoms with E-state index in [2.05, 4.69) is 34.5 Å². The average Bonchev–Trinajstić information content (AvgIpc) is 3.40. The third kappa shape index (κ3) is 6.13. The zero-order valence-electron chi connectivity index (χ0n) is 21.5. The highest BCUT2D eigenvalue weighted by molar-refractivity contribution is 6.42. The van der Waals surface area contributed by atoms with Gasteiger partial charge in [-0.25, -0.2) is 0 Å². The first-order valence-corrected chi connectivity index (χ1v) is 14.1. The van der Waals surface area contributed by atoms with Crippen LogP contribution in [-0.4, -0.2) is 29.9 Å². The van der Waals surface area contributed by atoms with Gasteiger partial charge in [0.05, 0.1) is 21.0 Å². The number of carbonyl (C=O) groups is 1. The Hall–Kier alpha value is -2.54. The molecule has 1 aliphatic heterocycles. The van der Waals surface area contributed by atoms with E-state index < -0.39 is 17.2 Å². The molecule has 2 unspecified atom stereocenters. The fraction of sp³-hybridized carbons (Fsp3) is 0.387. The van der Waals surface area contributed by atoms with Crippen LogP contribution in [0, 0.1) is 0 Å². The average molecular weight is 576 g/mol. The Labute approximate surface area is 237 Å². The van der Waals surface area contributed by atoms with Crippen molar-refractivity contribution in [1.82, 2.24) is 10.2 Å². The van der Waals surface area contributed by atoms with E-state index in [0.29, 0.717) is 34.4 Å². The Bertz CT molecular complexity index is 1310. The standard InChI is InChI=1S/C31H31Cl2F3N2O/c32-27-10-9-24(18-28(27)33)30(29(39)37-20-21-5-4-8-25(17-21)31(34,35)36)14-11-26(19-30)38-15-12-23(13-16-38)22-6-2-1-3-7-22/h1-10,17-18,23,26H,11-16,19-20H2,(H,37,39). The van der Waals surface area contributed by atoms with Gasteiger partial charge >= 0.3 is 6.18 Å². The maximum absolute atomic E-state index is 13.9. The summed E-state index contributed by atoms with van der Waals surface area (Å²) in [6.45, 7) is 1.94. The molecule has 0 aromatic heterocycles. The summed E-state index contributed by atoms with van der Waals surface area (Å²) < 4.78 is 39.6. The molecule has 1 aliphatic carbocycles. The predicted octanol–water partition coefficient (Wildman–Crippen LogP) is 8.00. The fourth-order valence-electron chi connectivity index (χ4n) is 6.26. The van der Waals surface area contributed by atoms with E-state index >= 15 is 0 Å². The smallest absolute Gasteiger partial charge is 0.351 e. The van der Waals surface area contributed by atoms with Crippen LogP contribution in [0.3, 0.4) is 0 Å². The van der Waals surface area contributed by atoms with Crippen LogP contribution < -0.4 is 5.32 Å². The summed E-state index contributed by atoms with van der Waals surface area (Å²) in [6.07, 6.45) is -0.191. The van der Waals surface area contributed by atoms with Gasteiger partial charge in [-0.3, -0.25) is 4.79 Å². The van der Waals surface area contributed by atoms with E-state index in [1.54, 1.807) is 18.2 Å². The molecule has 3 aromatic rings. The number of hydrogen-bond acceptors (Lipinski definition) is 2. The monoisotopic (exact) mass is 574 g/mol.